The highest BCUT2D eigenvalue weighted by Crippen LogP contribution is 2.46. The van der Waals surface area contributed by atoms with Gasteiger partial charge in [-0.1, -0.05) is 53.6 Å². The summed E-state index contributed by atoms with van der Waals surface area (Å²) >= 11 is 6.32. The van der Waals surface area contributed by atoms with E-state index in [4.69, 9.17) is 25.8 Å². The highest BCUT2D eigenvalue weighted by molar-refractivity contribution is 6.52. The molecule has 8 heteroatoms. The van der Waals surface area contributed by atoms with Crippen LogP contribution in [0.4, 0.5) is 5.69 Å². The standard InChI is InChI=1S/C27H24ClNO6/c1-15-8-7-9-16(12-15)24-23(25(30)17-13-18(28)22(35-4)14-21(17)34-3)26(31)27(32)29(24)19-10-5-6-11-20(19)33-2/h5-14,24,30H,1-4H3/b25-23+. The summed E-state index contributed by atoms with van der Waals surface area (Å²) in [6.45, 7) is 1.91. The van der Waals surface area contributed by atoms with Crippen molar-refractivity contribution in [1.29, 1.82) is 0 Å². The third-order valence-corrected chi connectivity index (χ3v) is 6.17. The molecule has 1 aliphatic rings. The predicted molar refractivity (Wildman–Crippen MR) is 134 cm³/mol. The quantitative estimate of drug-likeness (QED) is 0.285. The van der Waals surface area contributed by atoms with Crippen molar-refractivity contribution in [3.8, 4) is 17.2 Å². The van der Waals surface area contributed by atoms with Crippen LogP contribution in [0, 0.1) is 6.92 Å². The van der Waals surface area contributed by atoms with E-state index in [1.54, 1.807) is 30.3 Å². The second-order valence-corrected chi connectivity index (χ2v) is 8.35. The summed E-state index contributed by atoms with van der Waals surface area (Å²) < 4.78 is 16.1. The van der Waals surface area contributed by atoms with Gasteiger partial charge in [0.1, 0.15) is 23.0 Å². The molecule has 4 rings (SSSR count). The van der Waals surface area contributed by atoms with Crippen molar-refractivity contribution in [3.05, 3.63) is 87.9 Å². The zero-order valence-electron chi connectivity index (χ0n) is 19.7. The number of halogens is 1. The number of benzene rings is 3. The first-order chi connectivity index (χ1) is 16.8. The smallest absolute Gasteiger partial charge is 0.300 e. The van der Waals surface area contributed by atoms with Crippen LogP contribution in [0.25, 0.3) is 5.76 Å². The Bertz CT molecular complexity index is 1350. The lowest BCUT2D eigenvalue weighted by molar-refractivity contribution is -0.132. The largest absolute Gasteiger partial charge is 0.507 e. The Labute approximate surface area is 208 Å². The Balaban J connectivity index is 2.02. The van der Waals surface area contributed by atoms with Crippen LogP contribution in [0.2, 0.25) is 5.02 Å². The van der Waals surface area contributed by atoms with Crippen LogP contribution < -0.4 is 19.1 Å². The predicted octanol–water partition coefficient (Wildman–Crippen LogP) is 5.30. The van der Waals surface area contributed by atoms with Crippen LogP contribution in [0.3, 0.4) is 0 Å². The first kappa shape index (κ1) is 24.2. The van der Waals surface area contributed by atoms with Gasteiger partial charge in [0.15, 0.2) is 0 Å². The highest BCUT2D eigenvalue weighted by atomic mass is 35.5. The van der Waals surface area contributed by atoms with Crippen molar-refractivity contribution in [3.63, 3.8) is 0 Å². The number of Topliss-reactive ketones (excluding diaryl/α,β-unsaturated/α-hetero) is 1. The van der Waals surface area contributed by atoms with Gasteiger partial charge in [-0.25, -0.2) is 0 Å². The number of amides is 1. The Kier molecular flexibility index (Phi) is 6.71. The molecule has 3 aromatic rings. The van der Waals surface area contributed by atoms with Gasteiger partial charge in [0.25, 0.3) is 11.7 Å². The summed E-state index contributed by atoms with van der Waals surface area (Å²) in [6, 6.07) is 16.4. The number of carbonyl (C=O) groups is 2. The van der Waals surface area contributed by atoms with Gasteiger partial charge in [-0.15, -0.1) is 0 Å². The average Bonchev–Trinajstić information content (AvgIpc) is 3.13. The van der Waals surface area contributed by atoms with Gasteiger partial charge < -0.3 is 19.3 Å². The minimum atomic E-state index is -0.920. The number of methoxy groups -OCH3 is 3. The fraction of sp³-hybridized carbons (Fsp3) is 0.185. The van der Waals surface area contributed by atoms with Crippen LogP contribution in [0.5, 0.6) is 17.2 Å². The maximum Gasteiger partial charge on any atom is 0.300 e. The maximum atomic E-state index is 13.4. The van der Waals surface area contributed by atoms with Gasteiger partial charge in [-0.3, -0.25) is 14.5 Å². The van der Waals surface area contributed by atoms with Crippen molar-refractivity contribution in [2.75, 3.05) is 26.2 Å². The Morgan fingerprint density at radius 1 is 0.886 bits per heavy atom. The molecule has 1 unspecified atom stereocenters. The molecule has 0 radical (unpaired) electrons. The molecule has 1 N–H and O–H groups in total. The molecule has 0 aliphatic carbocycles. The SMILES string of the molecule is COc1cc(OC)c(/C(O)=C2\C(=O)C(=O)N(c3ccccc3OC)C2c2cccc(C)c2)cc1Cl. The number of aliphatic hydroxyl groups excluding tert-OH is 1. The number of carbonyl (C=O) groups excluding carboxylic acids is 2. The molecule has 35 heavy (non-hydrogen) atoms. The number of para-hydroxylation sites is 2. The van der Waals surface area contributed by atoms with E-state index in [9.17, 15) is 14.7 Å². The van der Waals surface area contributed by atoms with E-state index in [0.29, 0.717) is 22.7 Å². The minimum absolute atomic E-state index is 0.0916. The number of rotatable bonds is 6. The summed E-state index contributed by atoms with van der Waals surface area (Å²) in [5.74, 6) is -1.05. The van der Waals surface area contributed by atoms with Crippen molar-refractivity contribution in [1.82, 2.24) is 0 Å². The van der Waals surface area contributed by atoms with E-state index < -0.39 is 23.5 Å². The molecule has 0 aromatic heterocycles. The first-order valence-corrected chi connectivity index (χ1v) is 11.1. The lowest BCUT2D eigenvalue weighted by Crippen LogP contribution is -2.29. The fourth-order valence-electron chi connectivity index (χ4n) is 4.26. The van der Waals surface area contributed by atoms with E-state index >= 15 is 0 Å². The van der Waals surface area contributed by atoms with Crippen molar-refractivity contribution < 1.29 is 28.9 Å². The van der Waals surface area contributed by atoms with E-state index in [0.717, 1.165) is 5.56 Å². The molecule has 7 nitrogen and oxygen atoms in total. The summed E-state index contributed by atoms with van der Waals surface area (Å²) in [6.07, 6.45) is 0. The molecule has 1 aliphatic heterocycles. The number of nitrogens with zero attached hydrogens (tertiary/aromatic N) is 1. The summed E-state index contributed by atoms with van der Waals surface area (Å²) in [4.78, 5) is 28.2. The molecule has 1 heterocycles. The third-order valence-electron chi connectivity index (χ3n) is 5.88. The number of aliphatic hydroxyl groups is 1. The first-order valence-electron chi connectivity index (χ1n) is 10.7. The van der Waals surface area contributed by atoms with Gasteiger partial charge in [-0.2, -0.15) is 0 Å². The Morgan fingerprint density at radius 2 is 1.57 bits per heavy atom. The van der Waals surface area contributed by atoms with E-state index in [-0.39, 0.29) is 21.9 Å². The number of ether oxygens (including phenoxy) is 3. The zero-order valence-corrected chi connectivity index (χ0v) is 20.4. The molecular weight excluding hydrogens is 470 g/mol. The maximum absolute atomic E-state index is 13.4. The molecule has 180 valence electrons. The highest BCUT2D eigenvalue weighted by Gasteiger charge is 2.48. The van der Waals surface area contributed by atoms with Gasteiger partial charge in [0.2, 0.25) is 0 Å². The van der Waals surface area contributed by atoms with Crippen LogP contribution in [-0.4, -0.2) is 38.1 Å². The number of anilines is 1. The molecule has 0 bridgehead atoms. The molecular formula is C27H24ClNO6. The third kappa shape index (κ3) is 4.19. The summed E-state index contributed by atoms with van der Waals surface area (Å²) in [5.41, 5.74) is 2.05. The van der Waals surface area contributed by atoms with Crippen LogP contribution in [0.15, 0.2) is 66.2 Å². The lowest BCUT2D eigenvalue weighted by atomic mass is 9.94. The zero-order chi connectivity index (χ0) is 25.3. The normalized spacial score (nSPS) is 16.9. The van der Waals surface area contributed by atoms with Crippen LogP contribution in [-0.2, 0) is 9.59 Å². The van der Waals surface area contributed by atoms with Gasteiger partial charge >= 0.3 is 0 Å². The number of ketones is 1. The number of hydrogen-bond acceptors (Lipinski definition) is 6. The summed E-state index contributed by atoms with van der Waals surface area (Å²) in [7, 11) is 4.36. The van der Waals surface area contributed by atoms with Crippen molar-refractivity contribution in [2.24, 2.45) is 0 Å². The minimum Gasteiger partial charge on any atom is -0.507 e. The van der Waals surface area contributed by atoms with Gasteiger partial charge in [0.05, 0.1) is 49.2 Å². The molecule has 1 fully saturated rings. The van der Waals surface area contributed by atoms with E-state index in [1.165, 1.54) is 38.4 Å². The fourth-order valence-corrected chi connectivity index (χ4v) is 4.50. The molecule has 0 saturated carbocycles. The number of aryl methyl sites for hydroxylation is 1. The van der Waals surface area contributed by atoms with Gasteiger partial charge in [-0.05, 0) is 30.7 Å². The average molecular weight is 494 g/mol. The van der Waals surface area contributed by atoms with E-state index in [2.05, 4.69) is 0 Å². The van der Waals surface area contributed by atoms with Crippen molar-refractivity contribution in [2.45, 2.75) is 13.0 Å². The second kappa shape index (κ2) is 9.72. The second-order valence-electron chi connectivity index (χ2n) is 7.94. The molecule has 1 atom stereocenters. The lowest BCUT2D eigenvalue weighted by Gasteiger charge is -2.27. The molecule has 3 aromatic carbocycles. The van der Waals surface area contributed by atoms with E-state index in [1.807, 2.05) is 25.1 Å². The molecule has 0 spiro atoms. The Morgan fingerprint density at radius 3 is 2.23 bits per heavy atom. The monoisotopic (exact) mass is 493 g/mol. The van der Waals surface area contributed by atoms with Gasteiger partial charge in [0, 0.05) is 6.07 Å². The van der Waals surface area contributed by atoms with Crippen molar-refractivity contribution >= 4 is 34.7 Å². The Hall–Kier alpha value is -3.97. The molecule has 1 saturated heterocycles. The summed E-state index contributed by atoms with van der Waals surface area (Å²) in [5, 5.41) is 11.7. The van der Waals surface area contributed by atoms with Crippen LogP contribution >= 0.6 is 11.6 Å². The molecule has 1 amide bonds. The topological polar surface area (TPSA) is 85.3 Å². The number of hydrogen-bond donors (Lipinski definition) is 1. The van der Waals surface area contributed by atoms with Crippen LogP contribution in [0.1, 0.15) is 22.7 Å².